The number of nitrogens with one attached hydrogen (secondary N) is 1. The molecule has 2 rings (SSSR count). The summed E-state index contributed by atoms with van der Waals surface area (Å²) in [5, 5.41) is 10.4. The van der Waals surface area contributed by atoms with Crippen molar-refractivity contribution in [2.24, 2.45) is 12.8 Å². The molecule has 1 amide bonds. The van der Waals surface area contributed by atoms with Gasteiger partial charge in [0, 0.05) is 13.6 Å². The number of aryl methyl sites for hydroxylation is 1. The normalized spacial score (nSPS) is 12.0. The fourth-order valence-electron chi connectivity index (χ4n) is 2.00. The molecule has 0 spiro atoms. The summed E-state index contributed by atoms with van der Waals surface area (Å²) in [5.74, 6) is -0.0951. The molecule has 0 saturated heterocycles. The molecule has 1 aromatic heterocycles. The molecule has 0 saturated carbocycles. The van der Waals surface area contributed by atoms with Crippen LogP contribution in [0.3, 0.4) is 0 Å². The Morgan fingerprint density at radius 3 is 2.95 bits per heavy atom. The topological polar surface area (TPSA) is 95.1 Å². The van der Waals surface area contributed by atoms with Crippen molar-refractivity contribution in [2.75, 3.05) is 13.2 Å². The smallest absolute Gasteiger partial charge is 0.255 e. The molecule has 22 heavy (non-hydrogen) atoms. The fraction of sp³-hybridized carbons (Fsp3) is 0.357. The van der Waals surface area contributed by atoms with Gasteiger partial charge in [-0.25, -0.2) is 4.39 Å². The van der Waals surface area contributed by atoms with Crippen molar-refractivity contribution < 1.29 is 13.9 Å². The molecule has 0 radical (unpaired) electrons. The summed E-state index contributed by atoms with van der Waals surface area (Å²) in [6.45, 7) is 2.31. The molecular weight excluding hydrogens is 289 g/mol. The highest BCUT2D eigenvalue weighted by Gasteiger charge is 2.19. The van der Waals surface area contributed by atoms with E-state index in [4.69, 9.17) is 10.5 Å². The maximum absolute atomic E-state index is 13.4. The first-order chi connectivity index (χ1) is 10.5. The van der Waals surface area contributed by atoms with Crippen LogP contribution in [0.15, 0.2) is 24.5 Å². The monoisotopic (exact) mass is 307 g/mol. The van der Waals surface area contributed by atoms with Crippen LogP contribution in [0.5, 0.6) is 5.75 Å². The molecule has 0 bridgehead atoms. The number of ether oxygens (including phenoxy) is 1. The van der Waals surface area contributed by atoms with E-state index in [1.54, 1.807) is 18.5 Å². The van der Waals surface area contributed by atoms with Gasteiger partial charge in [-0.15, -0.1) is 10.2 Å². The molecule has 0 aliphatic carbocycles. The van der Waals surface area contributed by atoms with Crippen molar-refractivity contribution >= 4 is 5.91 Å². The van der Waals surface area contributed by atoms with Crippen molar-refractivity contribution in [3.8, 4) is 5.75 Å². The Labute approximate surface area is 127 Å². The van der Waals surface area contributed by atoms with Gasteiger partial charge < -0.3 is 20.4 Å². The van der Waals surface area contributed by atoms with Crippen LogP contribution >= 0.6 is 0 Å². The lowest BCUT2D eigenvalue weighted by atomic mass is 10.1. The van der Waals surface area contributed by atoms with E-state index < -0.39 is 11.7 Å². The molecule has 0 aliphatic heterocycles. The lowest BCUT2D eigenvalue weighted by Gasteiger charge is -2.15. The number of hydrogen-bond acceptors (Lipinski definition) is 5. The Hall–Kier alpha value is -2.48. The molecule has 2 aromatic rings. The molecule has 3 N–H and O–H groups in total. The third kappa shape index (κ3) is 3.59. The van der Waals surface area contributed by atoms with Gasteiger partial charge >= 0.3 is 0 Å². The van der Waals surface area contributed by atoms with Crippen LogP contribution in [0.4, 0.5) is 4.39 Å². The molecule has 118 valence electrons. The van der Waals surface area contributed by atoms with Gasteiger partial charge in [0.2, 0.25) is 0 Å². The summed E-state index contributed by atoms with van der Waals surface area (Å²) in [6, 6.07) is 3.39. The van der Waals surface area contributed by atoms with E-state index in [9.17, 15) is 9.18 Å². The third-order valence-corrected chi connectivity index (χ3v) is 3.04. The molecule has 1 atom stereocenters. The Morgan fingerprint density at radius 1 is 1.55 bits per heavy atom. The number of amides is 1. The van der Waals surface area contributed by atoms with E-state index in [-0.39, 0.29) is 24.0 Å². The summed E-state index contributed by atoms with van der Waals surface area (Å²) in [6.07, 6.45) is 1.54. The number of nitrogens with two attached hydrogens (primary N) is 1. The van der Waals surface area contributed by atoms with Gasteiger partial charge in [-0.2, -0.15) is 0 Å². The van der Waals surface area contributed by atoms with Crippen LogP contribution in [-0.2, 0) is 7.05 Å². The fourth-order valence-corrected chi connectivity index (χ4v) is 2.00. The molecule has 1 aromatic carbocycles. The Bertz CT molecular complexity index is 658. The standard InChI is InChI=1S/C14H18FN5O2/c1-9(13-19-17-8-20(13)2)18-14(21)11-7-10(15)3-4-12(11)22-6-5-16/h3-4,7-9H,5-6,16H2,1-2H3,(H,18,21)/t9-/m1/s1. The highest BCUT2D eigenvalue weighted by molar-refractivity contribution is 5.97. The van der Waals surface area contributed by atoms with Crippen LogP contribution < -0.4 is 15.8 Å². The summed E-state index contributed by atoms with van der Waals surface area (Å²) >= 11 is 0. The maximum atomic E-state index is 13.4. The number of nitrogens with zero attached hydrogens (tertiary/aromatic N) is 3. The number of benzene rings is 1. The van der Waals surface area contributed by atoms with Crippen molar-refractivity contribution in [1.82, 2.24) is 20.1 Å². The number of carbonyl (C=O) groups excluding carboxylic acids is 1. The quantitative estimate of drug-likeness (QED) is 0.822. The summed E-state index contributed by atoms with van der Waals surface area (Å²) < 4.78 is 20.5. The van der Waals surface area contributed by atoms with Crippen LogP contribution in [-0.4, -0.2) is 33.8 Å². The zero-order chi connectivity index (χ0) is 16.1. The average Bonchev–Trinajstić information content (AvgIpc) is 2.92. The van der Waals surface area contributed by atoms with E-state index in [0.717, 1.165) is 6.07 Å². The molecular formula is C14H18FN5O2. The summed E-state index contributed by atoms with van der Waals surface area (Å²) in [5.41, 5.74) is 5.49. The first kappa shape index (κ1) is 15.9. The maximum Gasteiger partial charge on any atom is 0.255 e. The minimum atomic E-state index is -0.517. The predicted molar refractivity (Wildman–Crippen MR) is 77.8 cm³/mol. The third-order valence-electron chi connectivity index (χ3n) is 3.04. The van der Waals surface area contributed by atoms with Gasteiger partial charge in [-0.05, 0) is 25.1 Å². The number of carbonyl (C=O) groups is 1. The number of rotatable bonds is 6. The number of aromatic nitrogens is 3. The van der Waals surface area contributed by atoms with Crippen molar-refractivity contribution in [2.45, 2.75) is 13.0 Å². The van der Waals surface area contributed by atoms with Gasteiger partial charge in [-0.3, -0.25) is 4.79 Å². The van der Waals surface area contributed by atoms with Crippen molar-refractivity contribution in [3.63, 3.8) is 0 Å². The average molecular weight is 307 g/mol. The van der Waals surface area contributed by atoms with E-state index >= 15 is 0 Å². The van der Waals surface area contributed by atoms with Crippen molar-refractivity contribution in [1.29, 1.82) is 0 Å². The SMILES string of the molecule is C[C@@H](NC(=O)c1cc(F)ccc1OCCN)c1nncn1C. The molecule has 8 heteroatoms. The van der Waals surface area contributed by atoms with Crippen LogP contribution in [0.2, 0.25) is 0 Å². The Balaban J connectivity index is 2.18. The van der Waals surface area contributed by atoms with Gasteiger partial charge in [-0.1, -0.05) is 0 Å². The summed E-state index contributed by atoms with van der Waals surface area (Å²) in [7, 11) is 1.77. The number of hydrogen-bond donors (Lipinski definition) is 2. The molecule has 0 unspecified atom stereocenters. The largest absolute Gasteiger partial charge is 0.491 e. The first-order valence-corrected chi connectivity index (χ1v) is 6.80. The van der Waals surface area contributed by atoms with Crippen LogP contribution in [0.1, 0.15) is 29.1 Å². The molecule has 7 nitrogen and oxygen atoms in total. The van der Waals surface area contributed by atoms with E-state index in [1.165, 1.54) is 18.5 Å². The van der Waals surface area contributed by atoms with E-state index in [1.807, 2.05) is 0 Å². The van der Waals surface area contributed by atoms with Gasteiger partial charge in [0.25, 0.3) is 5.91 Å². The minimum Gasteiger partial charge on any atom is -0.491 e. The van der Waals surface area contributed by atoms with Gasteiger partial charge in [0.15, 0.2) is 5.82 Å². The highest BCUT2D eigenvalue weighted by atomic mass is 19.1. The van der Waals surface area contributed by atoms with Gasteiger partial charge in [0.05, 0.1) is 11.6 Å². The second kappa shape index (κ2) is 6.99. The Kier molecular flexibility index (Phi) is 5.05. The molecule has 0 fully saturated rings. The molecule has 1 heterocycles. The zero-order valence-corrected chi connectivity index (χ0v) is 12.4. The lowest BCUT2D eigenvalue weighted by molar-refractivity contribution is 0.0933. The van der Waals surface area contributed by atoms with Crippen LogP contribution in [0, 0.1) is 5.82 Å². The second-order valence-corrected chi connectivity index (χ2v) is 4.77. The Morgan fingerprint density at radius 2 is 2.32 bits per heavy atom. The van der Waals surface area contributed by atoms with Crippen LogP contribution in [0.25, 0.3) is 0 Å². The second-order valence-electron chi connectivity index (χ2n) is 4.77. The van der Waals surface area contributed by atoms with Crippen molar-refractivity contribution in [3.05, 3.63) is 41.7 Å². The number of halogens is 1. The minimum absolute atomic E-state index is 0.113. The summed E-state index contributed by atoms with van der Waals surface area (Å²) in [4.78, 5) is 12.4. The molecule has 0 aliphatic rings. The van der Waals surface area contributed by atoms with E-state index in [0.29, 0.717) is 12.4 Å². The zero-order valence-electron chi connectivity index (χ0n) is 12.4. The first-order valence-electron chi connectivity index (χ1n) is 6.80. The van der Waals surface area contributed by atoms with Gasteiger partial charge in [0.1, 0.15) is 24.5 Å². The lowest BCUT2D eigenvalue weighted by Crippen LogP contribution is -2.29. The highest BCUT2D eigenvalue weighted by Crippen LogP contribution is 2.21. The predicted octanol–water partition coefficient (Wildman–Crippen LogP) is 0.783. The van der Waals surface area contributed by atoms with E-state index in [2.05, 4.69) is 15.5 Å².